The van der Waals surface area contributed by atoms with E-state index < -0.39 is 0 Å². The van der Waals surface area contributed by atoms with Crippen LogP contribution in [0.25, 0.3) is 0 Å². The summed E-state index contributed by atoms with van der Waals surface area (Å²) >= 11 is 0. The second kappa shape index (κ2) is 7.29. The largest absolute Gasteiger partial charge is 0.352 e. The number of hydrazine groups is 1. The summed E-state index contributed by atoms with van der Waals surface area (Å²) < 4.78 is 0. The van der Waals surface area contributed by atoms with Crippen LogP contribution in [0.1, 0.15) is 54.4 Å². The number of nitrogens with one attached hydrogen (secondary N) is 2. The van der Waals surface area contributed by atoms with Crippen molar-refractivity contribution in [1.82, 2.24) is 5.32 Å². The number of carbonyl (C=O) groups is 1. The van der Waals surface area contributed by atoms with Crippen molar-refractivity contribution >= 4 is 11.6 Å². The van der Waals surface area contributed by atoms with Crippen molar-refractivity contribution in [2.75, 3.05) is 12.0 Å². The predicted octanol–water partition coefficient (Wildman–Crippen LogP) is 2.98. The third-order valence-electron chi connectivity index (χ3n) is 4.14. The first-order valence-electron chi connectivity index (χ1n) is 7.56. The maximum Gasteiger partial charge on any atom is 0.253 e. The molecule has 1 amide bonds. The van der Waals surface area contributed by atoms with Crippen LogP contribution in [0, 0.1) is 12.8 Å². The highest BCUT2D eigenvalue weighted by atomic mass is 16.1. The average molecular weight is 275 g/mol. The summed E-state index contributed by atoms with van der Waals surface area (Å²) in [6, 6.07) is 5.63. The molecule has 0 bridgehead atoms. The van der Waals surface area contributed by atoms with Crippen LogP contribution in [0.15, 0.2) is 18.2 Å². The van der Waals surface area contributed by atoms with Gasteiger partial charge in [-0.05, 0) is 37.0 Å². The van der Waals surface area contributed by atoms with Gasteiger partial charge in [-0.1, -0.05) is 38.2 Å². The molecule has 1 aliphatic rings. The summed E-state index contributed by atoms with van der Waals surface area (Å²) in [4.78, 5) is 12.2. The first kappa shape index (κ1) is 14.9. The van der Waals surface area contributed by atoms with Crippen LogP contribution in [0.2, 0.25) is 0 Å². The van der Waals surface area contributed by atoms with E-state index in [1.54, 1.807) is 0 Å². The van der Waals surface area contributed by atoms with E-state index in [1.807, 2.05) is 25.1 Å². The zero-order valence-electron chi connectivity index (χ0n) is 12.2. The maximum absolute atomic E-state index is 12.2. The van der Waals surface area contributed by atoms with Crippen molar-refractivity contribution in [3.63, 3.8) is 0 Å². The minimum absolute atomic E-state index is 0.0474. The van der Waals surface area contributed by atoms with Crippen molar-refractivity contribution < 1.29 is 4.79 Å². The molecule has 1 saturated carbocycles. The zero-order valence-corrected chi connectivity index (χ0v) is 12.2. The number of carbonyl (C=O) groups excluding carboxylic acids is 1. The van der Waals surface area contributed by atoms with Gasteiger partial charge in [0.25, 0.3) is 5.91 Å². The molecular formula is C16H25N3O. The topological polar surface area (TPSA) is 67.2 Å². The number of nitrogens with two attached hydrogens (primary N) is 1. The molecule has 110 valence electrons. The van der Waals surface area contributed by atoms with E-state index in [2.05, 4.69) is 10.7 Å². The van der Waals surface area contributed by atoms with Gasteiger partial charge in [-0.3, -0.25) is 10.6 Å². The van der Waals surface area contributed by atoms with E-state index in [-0.39, 0.29) is 5.91 Å². The monoisotopic (exact) mass is 275 g/mol. The number of anilines is 1. The van der Waals surface area contributed by atoms with Gasteiger partial charge in [0.15, 0.2) is 0 Å². The first-order chi connectivity index (χ1) is 9.70. The Hall–Kier alpha value is -1.55. The lowest BCUT2D eigenvalue weighted by Crippen LogP contribution is -2.27. The Morgan fingerprint density at radius 3 is 2.75 bits per heavy atom. The second-order valence-corrected chi connectivity index (χ2v) is 5.74. The molecule has 0 spiro atoms. The summed E-state index contributed by atoms with van der Waals surface area (Å²) in [5.41, 5.74) is 4.97. The van der Waals surface area contributed by atoms with Crippen molar-refractivity contribution in [2.24, 2.45) is 11.8 Å². The number of rotatable bonds is 5. The van der Waals surface area contributed by atoms with Gasteiger partial charge in [-0.15, -0.1) is 0 Å². The van der Waals surface area contributed by atoms with Gasteiger partial charge in [0.1, 0.15) is 0 Å². The molecule has 0 unspecified atom stereocenters. The van der Waals surface area contributed by atoms with Crippen LogP contribution in [0.4, 0.5) is 5.69 Å². The Labute approximate surface area is 121 Å². The summed E-state index contributed by atoms with van der Waals surface area (Å²) in [5, 5.41) is 3.01. The molecule has 4 N–H and O–H groups in total. The van der Waals surface area contributed by atoms with Gasteiger partial charge in [0.05, 0.1) is 11.3 Å². The number of amides is 1. The molecule has 1 aromatic carbocycles. The molecule has 0 radical (unpaired) electrons. The number of hydrogen-bond donors (Lipinski definition) is 3. The predicted molar refractivity (Wildman–Crippen MR) is 82.5 cm³/mol. The van der Waals surface area contributed by atoms with Crippen molar-refractivity contribution in [3.8, 4) is 0 Å². The molecule has 0 saturated heterocycles. The fourth-order valence-electron chi connectivity index (χ4n) is 2.94. The Morgan fingerprint density at radius 2 is 2.05 bits per heavy atom. The van der Waals surface area contributed by atoms with Gasteiger partial charge in [0.2, 0.25) is 0 Å². The van der Waals surface area contributed by atoms with Gasteiger partial charge < -0.3 is 10.7 Å². The summed E-state index contributed by atoms with van der Waals surface area (Å²) in [6.07, 6.45) is 7.78. The summed E-state index contributed by atoms with van der Waals surface area (Å²) in [7, 11) is 0. The summed E-state index contributed by atoms with van der Waals surface area (Å²) in [5.74, 6) is 6.21. The molecule has 1 aromatic rings. The molecule has 1 fully saturated rings. The Balaban J connectivity index is 1.85. The Morgan fingerprint density at radius 1 is 1.30 bits per heavy atom. The Kier molecular flexibility index (Phi) is 5.41. The van der Waals surface area contributed by atoms with Gasteiger partial charge >= 0.3 is 0 Å². The van der Waals surface area contributed by atoms with Gasteiger partial charge in [-0.2, -0.15) is 0 Å². The lowest BCUT2D eigenvalue weighted by Gasteiger charge is -2.21. The Bertz CT molecular complexity index is 453. The van der Waals surface area contributed by atoms with Crippen molar-refractivity contribution in [2.45, 2.75) is 45.4 Å². The van der Waals surface area contributed by atoms with Crippen molar-refractivity contribution in [3.05, 3.63) is 29.3 Å². The molecule has 0 aromatic heterocycles. The van der Waals surface area contributed by atoms with Crippen LogP contribution in [0.5, 0.6) is 0 Å². The molecule has 0 atom stereocenters. The molecule has 0 aliphatic heterocycles. The quantitative estimate of drug-likeness (QED) is 0.571. The first-order valence-corrected chi connectivity index (χ1v) is 7.56. The molecule has 20 heavy (non-hydrogen) atoms. The fourth-order valence-corrected chi connectivity index (χ4v) is 2.94. The van der Waals surface area contributed by atoms with Crippen LogP contribution in [0.3, 0.4) is 0 Å². The van der Waals surface area contributed by atoms with Crippen LogP contribution in [-0.2, 0) is 0 Å². The minimum atomic E-state index is -0.0474. The third-order valence-corrected chi connectivity index (χ3v) is 4.14. The number of benzene rings is 1. The molecule has 2 rings (SSSR count). The third kappa shape index (κ3) is 3.97. The smallest absolute Gasteiger partial charge is 0.253 e. The molecule has 4 heteroatoms. The highest BCUT2D eigenvalue weighted by Gasteiger charge is 2.14. The highest BCUT2D eigenvalue weighted by molar-refractivity contribution is 5.99. The second-order valence-electron chi connectivity index (χ2n) is 5.74. The normalized spacial score (nSPS) is 15.9. The SMILES string of the molecule is Cc1ccc(C(=O)NCCC2CCCCC2)c(NN)c1. The van der Waals surface area contributed by atoms with Crippen LogP contribution >= 0.6 is 0 Å². The van der Waals surface area contributed by atoms with E-state index in [4.69, 9.17) is 5.84 Å². The maximum atomic E-state index is 12.2. The van der Waals surface area contributed by atoms with E-state index in [1.165, 1.54) is 32.1 Å². The van der Waals surface area contributed by atoms with Gasteiger partial charge in [-0.25, -0.2) is 0 Å². The molecule has 0 heterocycles. The van der Waals surface area contributed by atoms with Crippen LogP contribution < -0.4 is 16.6 Å². The number of nitrogen functional groups attached to an aromatic ring is 1. The molecule has 4 nitrogen and oxygen atoms in total. The summed E-state index contributed by atoms with van der Waals surface area (Å²) in [6.45, 7) is 2.73. The van der Waals surface area contributed by atoms with Crippen molar-refractivity contribution in [1.29, 1.82) is 0 Å². The zero-order chi connectivity index (χ0) is 14.4. The van der Waals surface area contributed by atoms with Crippen LogP contribution in [-0.4, -0.2) is 12.5 Å². The highest BCUT2D eigenvalue weighted by Crippen LogP contribution is 2.25. The van der Waals surface area contributed by atoms with E-state index in [0.717, 1.165) is 24.4 Å². The lowest BCUT2D eigenvalue weighted by atomic mass is 9.87. The average Bonchev–Trinajstić information content (AvgIpc) is 2.48. The minimum Gasteiger partial charge on any atom is -0.352 e. The lowest BCUT2D eigenvalue weighted by molar-refractivity contribution is 0.0951. The number of aryl methyl sites for hydroxylation is 1. The number of hydrogen-bond acceptors (Lipinski definition) is 3. The fraction of sp³-hybridized carbons (Fsp3) is 0.562. The van der Waals surface area contributed by atoms with E-state index in [9.17, 15) is 4.79 Å². The van der Waals surface area contributed by atoms with E-state index in [0.29, 0.717) is 11.3 Å². The standard InChI is InChI=1S/C16H25N3O/c1-12-7-8-14(15(11-12)19-17)16(20)18-10-9-13-5-3-2-4-6-13/h7-8,11,13,19H,2-6,9-10,17H2,1H3,(H,18,20). The van der Waals surface area contributed by atoms with Gasteiger partial charge in [0, 0.05) is 6.54 Å². The molecular weight excluding hydrogens is 250 g/mol. The van der Waals surface area contributed by atoms with E-state index >= 15 is 0 Å². The molecule has 1 aliphatic carbocycles.